The highest BCUT2D eigenvalue weighted by Gasteiger charge is 2.35. The Hall–Kier alpha value is -0.730. The molecule has 2 rings (SSSR count). The van der Waals surface area contributed by atoms with Crippen LogP contribution in [0.3, 0.4) is 0 Å². The number of carbonyl (C=O) groups excluding carboxylic acids is 1. The minimum Gasteiger partial charge on any atom is -0.506 e. The van der Waals surface area contributed by atoms with Crippen molar-refractivity contribution in [3.63, 3.8) is 0 Å². The fraction of sp³-hybridized carbons (Fsp3) is 0.417. The van der Waals surface area contributed by atoms with E-state index in [1.165, 1.54) is 0 Å². The van der Waals surface area contributed by atoms with Crippen LogP contribution in [0.2, 0.25) is 10.0 Å². The molecule has 0 fully saturated rings. The lowest BCUT2D eigenvalue weighted by Crippen LogP contribution is -2.15. The minimum absolute atomic E-state index is 0.0388. The molecule has 0 bridgehead atoms. The molecule has 0 aliphatic heterocycles. The van der Waals surface area contributed by atoms with E-state index < -0.39 is 0 Å². The van der Waals surface area contributed by atoms with Gasteiger partial charge in [-0.25, -0.2) is 0 Å². The van der Waals surface area contributed by atoms with Crippen LogP contribution in [0.15, 0.2) is 6.07 Å². The van der Waals surface area contributed by atoms with Gasteiger partial charge in [-0.3, -0.25) is 4.79 Å². The predicted octanol–water partition coefficient (Wildman–Crippen LogP) is 3.71. The summed E-state index contributed by atoms with van der Waals surface area (Å²) in [6.45, 7) is 4.01. The lowest BCUT2D eigenvalue weighted by molar-refractivity contribution is 0.0906. The average Bonchev–Trinajstić information content (AvgIpc) is 2.52. The molecule has 16 heavy (non-hydrogen) atoms. The van der Waals surface area contributed by atoms with E-state index in [0.717, 1.165) is 5.56 Å². The Kier molecular flexibility index (Phi) is 2.89. The highest BCUT2D eigenvalue weighted by Crippen LogP contribution is 2.42. The molecule has 1 aliphatic carbocycles. The standard InChI is InChI=1S/C12H12Cl2O2/c1-5(2)7-3-6-4-8(15)10(13)11(14)9(6)12(7)16/h4-5,7,15H,3H2,1-2H3. The zero-order valence-corrected chi connectivity index (χ0v) is 10.6. The molecule has 1 atom stereocenters. The summed E-state index contributed by atoms with van der Waals surface area (Å²) in [5.41, 5.74) is 1.29. The van der Waals surface area contributed by atoms with E-state index in [4.69, 9.17) is 23.2 Å². The van der Waals surface area contributed by atoms with Crippen molar-refractivity contribution < 1.29 is 9.90 Å². The van der Waals surface area contributed by atoms with Crippen molar-refractivity contribution in [2.75, 3.05) is 0 Å². The van der Waals surface area contributed by atoms with Gasteiger partial charge in [0.05, 0.1) is 5.02 Å². The fourth-order valence-electron chi connectivity index (χ4n) is 2.14. The zero-order valence-electron chi connectivity index (χ0n) is 9.05. The summed E-state index contributed by atoms with van der Waals surface area (Å²) >= 11 is 11.8. The average molecular weight is 259 g/mol. The molecule has 0 saturated carbocycles. The van der Waals surface area contributed by atoms with Crippen LogP contribution in [0, 0.1) is 11.8 Å². The van der Waals surface area contributed by atoms with Gasteiger partial charge in [-0.15, -0.1) is 0 Å². The predicted molar refractivity (Wildman–Crippen MR) is 64.5 cm³/mol. The van der Waals surface area contributed by atoms with Crippen molar-refractivity contribution in [1.29, 1.82) is 0 Å². The van der Waals surface area contributed by atoms with Crippen LogP contribution in [0.1, 0.15) is 29.8 Å². The molecule has 2 nitrogen and oxygen atoms in total. The quantitative estimate of drug-likeness (QED) is 0.834. The van der Waals surface area contributed by atoms with Crippen LogP contribution in [0.5, 0.6) is 5.75 Å². The largest absolute Gasteiger partial charge is 0.506 e. The van der Waals surface area contributed by atoms with Crippen molar-refractivity contribution in [1.82, 2.24) is 0 Å². The van der Waals surface area contributed by atoms with Crippen LogP contribution in [-0.2, 0) is 6.42 Å². The maximum absolute atomic E-state index is 12.1. The highest BCUT2D eigenvalue weighted by molar-refractivity contribution is 6.45. The highest BCUT2D eigenvalue weighted by atomic mass is 35.5. The summed E-state index contributed by atoms with van der Waals surface area (Å²) < 4.78 is 0. The molecule has 0 spiro atoms. The van der Waals surface area contributed by atoms with Gasteiger partial charge in [-0.05, 0) is 24.0 Å². The van der Waals surface area contributed by atoms with Gasteiger partial charge in [0.25, 0.3) is 0 Å². The van der Waals surface area contributed by atoms with Crippen LogP contribution >= 0.6 is 23.2 Å². The molecule has 1 N–H and O–H groups in total. The summed E-state index contributed by atoms with van der Waals surface area (Å²) in [5, 5.41) is 9.80. The summed E-state index contributed by atoms with van der Waals surface area (Å²) in [5.74, 6) is 0.196. The third-order valence-electron chi connectivity index (χ3n) is 3.10. The van der Waals surface area contributed by atoms with Gasteiger partial charge < -0.3 is 5.11 Å². The Labute approximate surface area is 104 Å². The first kappa shape index (κ1) is 11.7. The first-order valence-corrected chi connectivity index (χ1v) is 5.93. The van der Waals surface area contributed by atoms with Crippen molar-refractivity contribution in [2.24, 2.45) is 11.8 Å². The van der Waals surface area contributed by atoms with Gasteiger partial charge in [0.2, 0.25) is 0 Å². The second-order valence-corrected chi connectivity index (χ2v) is 5.23. The van der Waals surface area contributed by atoms with Gasteiger partial charge in [0, 0.05) is 11.5 Å². The second-order valence-electron chi connectivity index (χ2n) is 4.48. The van der Waals surface area contributed by atoms with E-state index in [9.17, 15) is 9.90 Å². The van der Waals surface area contributed by atoms with Crippen molar-refractivity contribution in [2.45, 2.75) is 20.3 Å². The van der Waals surface area contributed by atoms with E-state index >= 15 is 0 Å². The fourth-order valence-corrected chi connectivity index (χ4v) is 2.60. The molecule has 86 valence electrons. The molecule has 0 radical (unpaired) electrons. The van der Waals surface area contributed by atoms with Gasteiger partial charge in [0.1, 0.15) is 10.8 Å². The summed E-state index contributed by atoms with van der Waals surface area (Å²) in [6, 6.07) is 1.55. The lowest BCUT2D eigenvalue weighted by atomic mass is 9.92. The Balaban J connectivity index is 2.57. The Morgan fingerprint density at radius 2 is 2.00 bits per heavy atom. The zero-order chi connectivity index (χ0) is 12.0. The summed E-state index contributed by atoms with van der Waals surface area (Å²) in [6.07, 6.45) is 0.635. The topological polar surface area (TPSA) is 37.3 Å². The Morgan fingerprint density at radius 1 is 1.38 bits per heavy atom. The van der Waals surface area contributed by atoms with Crippen LogP contribution in [0.4, 0.5) is 0 Å². The third-order valence-corrected chi connectivity index (χ3v) is 3.95. The number of rotatable bonds is 1. The second kappa shape index (κ2) is 3.94. The van der Waals surface area contributed by atoms with E-state index in [1.54, 1.807) is 6.07 Å². The molecule has 0 amide bonds. The number of benzene rings is 1. The number of Topliss-reactive ketones (excluding diaryl/α,β-unsaturated/α-hetero) is 1. The molecular formula is C12H12Cl2O2. The molecule has 4 heteroatoms. The maximum Gasteiger partial charge on any atom is 0.168 e. The number of hydrogen-bond donors (Lipinski definition) is 1. The number of fused-ring (bicyclic) bond motifs is 1. The summed E-state index contributed by atoms with van der Waals surface area (Å²) in [4.78, 5) is 12.1. The van der Waals surface area contributed by atoms with E-state index in [1.807, 2.05) is 13.8 Å². The number of hydrogen-bond acceptors (Lipinski definition) is 2. The minimum atomic E-state index is -0.0531. The van der Waals surface area contributed by atoms with Crippen LogP contribution < -0.4 is 0 Å². The van der Waals surface area contributed by atoms with Gasteiger partial charge in [-0.1, -0.05) is 37.0 Å². The summed E-state index contributed by atoms with van der Waals surface area (Å²) in [7, 11) is 0. The molecule has 1 aromatic carbocycles. The molecular weight excluding hydrogens is 247 g/mol. The molecule has 1 aliphatic rings. The van der Waals surface area contributed by atoms with Crippen molar-refractivity contribution >= 4 is 29.0 Å². The van der Waals surface area contributed by atoms with Crippen LogP contribution in [0.25, 0.3) is 0 Å². The molecule has 0 heterocycles. The molecule has 1 aromatic rings. The van der Waals surface area contributed by atoms with E-state index in [0.29, 0.717) is 12.0 Å². The SMILES string of the molecule is CC(C)C1Cc2cc(O)c(Cl)c(Cl)c2C1=O. The maximum atomic E-state index is 12.1. The normalized spacial score (nSPS) is 19.3. The Bertz CT molecular complexity index is 467. The molecule has 0 saturated heterocycles. The number of halogens is 2. The first-order valence-electron chi connectivity index (χ1n) is 5.17. The number of aromatic hydroxyl groups is 1. The van der Waals surface area contributed by atoms with Crippen molar-refractivity contribution in [3.8, 4) is 5.75 Å². The van der Waals surface area contributed by atoms with Crippen molar-refractivity contribution in [3.05, 3.63) is 27.2 Å². The smallest absolute Gasteiger partial charge is 0.168 e. The lowest BCUT2D eigenvalue weighted by Gasteiger charge is -2.11. The number of phenolic OH excluding ortho intramolecular Hbond substituents is 1. The number of ketones is 1. The third kappa shape index (κ3) is 1.61. The first-order chi connectivity index (χ1) is 7.43. The Morgan fingerprint density at radius 3 is 2.56 bits per heavy atom. The van der Waals surface area contributed by atoms with E-state index in [-0.39, 0.29) is 33.4 Å². The molecule has 0 aromatic heterocycles. The number of phenols is 1. The van der Waals surface area contributed by atoms with Gasteiger partial charge >= 0.3 is 0 Å². The van der Waals surface area contributed by atoms with E-state index in [2.05, 4.69) is 0 Å². The van der Waals surface area contributed by atoms with Crippen LogP contribution in [-0.4, -0.2) is 10.9 Å². The molecule has 1 unspecified atom stereocenters. The number of carbonyl (C=O) groups is 1. The van der Waals surface area contributed by atoms with Gasteiger partial charge in [-0.2, -0.15) is 0 Å². The van der Waals surface area contributed by atoms with Gasteiger partial charge in [0.15, 0.2) is 5.78 Å². The monoisotopic (exact) mass is 258 g/mol.